The first-order valence-electron chi connectivity index (χ1n) is 5.44. The van der Waals surface area contributed by atoms with Crippen molar-refractivity contribution in [2.24, 2.45) is 5.16 Å². The van der Waals surface area contributed by atoms with Gasteiger partial charge in [-0.3, -0.25) is 0 Å². The van der Waals surface area contributed by atoms with Gasteiger partial charge in [0, 0.05) is 11.6 Å². The Morgan fingerprint density at radius 2 is 1.89 bits per heavy atom. The zero-order valence-electron chi connectivity index (χ0n) is 9.58. The van der Waals surface area contributed by atoms with Crippen LogP contribution >= 0.6 is 0 Å². The first kappa shape index (κ1) is 12.1. The standard InChI is InChI=1S/C14H12FNO2/c15-12-7-4-8-13(9-12)18-10-14(16-17)11-5-2-1-3-6-11/h1-9,17H,10H2/b16-14-. The van der Waals surface area contributed by atoms with Crippen LogP contribution in [0.1, 0.15) is 5.56 Å². The lowest BCUT2D eigenvalue weighted by molar-refractivity contribution is 0.308. The summed E-state index contributed by atoms with van der Waals surface area (Å²) < 4.78 is 18.3. The molecule has 0 atom stereocenters. The van der Waals surface area contributed by atoms with Crippen LogP contribution in [-0.4, -0.2) is 17.5 Å². The van der Waals surface area contributed by atoms with Gasteiger partial charge >= 0.3 is 0 Å². The maximum atomic E-state index is 12.9. The number of benzene rings is 2. The van der Waals surface area contributed by atoms with Gasteiger partial charge in [-0.2, -0.15) is 0 Å². The van der Waals surface area contributed by atoms with Crippen LogP contribution in [0.5, 0.6) is 5.75 Å². The van der Waals surface area contributed by atoms with Crippen molar-refractivity contribution in [1.29, 1.82) is 0 Å². The SMILES string of the molecule is O/N=C(/COc1cccc(F)c1)c1ccccc1. The molecule has 0 aliphatic heterocycles. The van der Waals surface area contributed by atoms with Gasteiger partial charge in [0.05, 0.1) is 0 Å². The smallest absolute Gasteiger partial charge is 0.134 e. The molecule has 0 aliphatic rings. The number of hydrogen-bond acceptors (Lipinski definition) is 3. The van der Waals surface area contributed by atoms with E-state index in [1.165, 1.54) is 12.1 Å². The maximum absolute atomic E-state index is 12.9. The monoisotopic (exact) mass is 245 g/mol. The third-order valence-corrected chi connectivity index (χ3v) is 2.40. The molecule has 0 heterocycles. The summed E-state index contributed by atoms with van der Waals surface area (Å²) in [5.41, 5.74) is 1.15. The Morgan fingerprint density at radius 3 is 2.56 bits per heavy atom. The number of oxime groups is 1. The molecule has 0 radical (unpaired) electrons. The molecule has 0 saturated heterocycles. The van der Waals surface area contributed by atoms with E-state index in [1.54, 1.807) is 12.1 Å². The molecule has 4 heteroatoms. The third-order valence-electron chi connectivity index (χ3n) is 2.40. The fourth-order valence-electron chi connectivity index (χ4n) is 1.51. The fourth-order valence-corrected chi connectivity index (χ4v) is 1.51. The number of ether oxygens (including phenoxy) is 1. The Bertz CT molecular complexity index is 541. The van der Waals surface area contributed by atoms with E-state index in [9.17, 15) is 4.39 Å². The zero-order valence-corrected chi connectivity index (χ0v) is 9.58. The second-order valence-corrected chi connectivity index (χ2v) is 3.66. The topological polar surface area (TPSA) is 41.8 Å². The predicted molar refractivity (Wildman–Crippen MR) is 66.7 cm³/mol. The molecule has 18 heavy (non-hydrogen) atoms. The number of halogens is 1. The highest BCUT2D eigenvalue weighted by Gasteiger charge is 2.05. The van der Waals surface area contributed by atoms with Crippen LogP contribution in [0.15, 0.2) is 59.8 Å². The zero-order chi connectivity index (χ0) is 12.8. The van der Waals surface area contributed by atoms with E-state index < -0.39 is 0 Å². The van der Waals surface area contributed by atoms with Gasteiger partial charge in [0.2, 0.25) is 0 Å². The molecular weight excluding hydrogens is 233 g/mol. The van der Waals surface area contributed by atoms with E-state index in [4.69, 9.17) is 9.94 Å². The van der Waals surface area contributed by atoms with Gasteiger partial charge in [0.1, 0.15) is 23.9 Å². The molecule has 0 spiro atoms. The molecule has 0 aromatic heterocycles. The summed E-state index contributed by atoms with van der Waals surface area (Å²) in [6.45, 7) is 0.0734. The molecule has 0 aliphatic carbocycles. The average molecular weight is 245 g/mol. The van der Waals surface area contributed by atoms with Gasteiger partial charge < -0.3 is 9.94 Å². The summed E-state index contributed by atoms with van der Waals surface area (Å²) in [4.78, 5) is 0. The second kappa shape index (κ2) is 5.82. The minimum absolute atomic E-state index is 0.0734. The summed E-state index contributed by atoms with van der Waals surface area (Å²) in [6, 6.07) is 15.0. The van der Waals surface area contributed by atoms with E-state index in [0.717, 1.165) is 5.56 Å². The molecule has 0 unspecified atom stereocenters. The van der Waals surface area contributed by atoms with Crippen molar-refractivity contribution in [3.05, 3.63) is 66.0 Å². The van der Waals surface area contributed by atoms with E-state index >= 15 is 0 Å². The summed E-state index contributed by atoms with van der Waals surface area (Å²) in [6.07, 6.45) is 0. The van der Waals surface area contributed by atoms with Crippen molar-refractivity contribution in [2.75, 3.05) is 6.61 Å². The van der Waals surface area contributed by atoms with Gasteiger partial charge in [-0.15, -0.1) is 0 Å². The lowest BCUT2D eigenvalue weighted by Gasteiger charge is -2.07. The van der Waals surface area contributed by atoms with Crippen LogP contribution in [0.25, 0.3) is 0 Å². The van der Waals surface area contributed by atoms with Gasteiger partial charge in [-0.1, -0.05) is 41.6 Å². The first-order chi connectivity index (χ1) is 8.79. The molecule has 0 amide bonds. The number of rotatable bonds is 4. The van der Waals surface area contributed by atoms with E-state index in [2.05, 4.69) is 5.16 Å². The number of nitrogens with zero attached hydrogens (tertiary/aromatic N) is 1. The highest BCUT2D eigenvalue weighted by molar-refractivity contribution is 6.01. The van der Waals surface area contributed by atoms with Crippen LogP contribution in [0.2, 0.25) is 0 Å². The lowest BCUT2D eigenvalue weighted by atomic mass is 10.1. The van der Waals surface area contributed by atoms with Crippen molar-refractivity contribution in [3.8, 4) is 5.75 Å². The molecule has 2 rings (SSSR count). The summed E-state index contributed by atoms with van der Waals surface area (Å²) in [7, 11) is 0. The van der Waals surface area contributed by atoms with Crippen molar-refractivity contribution >= 4 is 5.71 Å². The molecule has 0 saturated carbocycles. The summed E-state index contributed by atoms with van der Waals surface area (Å²) in [5.74, 6) is 0.0294. The normalized spacial score (nSPS) is 11.3. The van der Waals surface area contributed by atoms with E-state index in [-0.39, 0.29) is 12.4 Å². The van der Waals surface area contributed by atoms with Gasteiger partial charge in [-0.05, 0) is 12.1 Å². The Balaban J connectivity index is 2.05. The maximum Gasteiger partial charge on any atom is 0.134 e. The van der Waals surface area contributed by atoms with Crippen molar-refractivity contribution in [3.63, 3.8) is 0 Å². The van der Waals surface area contributed by atoms with Crippen LogP contribution in [-0.2, 0) is 0 Å². The number of hydrogen-bond donors (Lipinski definition) is 1. The molecule has 92 valence electrons. The second-order valence-electron chi connectivity index (χ2n) is 3.66. The summed E-state index contributed by atoms with van der Waals surface area (Å²) in [5, 5.41) is 12.1. The molecule has 2 aromatic rings. The highest BCUT2D eigenvalue weighted by Crippen LogP contribution is 2.12. The van der Waals surface area contributed by atoms with Gasteiger partial charge in [-0.25, -0.2) is 4.39 Å². The Hall–Kier alpha value is -2.36. The molecule has 0 fully saturated rings. The van der Waals surface area contributed by atoms with Gasteiger partial charge in [0.15, 0.2) is 0 Å². The van der Waals surface area contributed by atoms with Crippen LogP contribution in [0, 0.1) is 5.82 Å². The first-order valence-corrected chi connectivity index (χ1v) is 5.44. The van der Waals surface area contributed by atoms with Crippen molar-refractivity contribution < 1.29 is 14.3 Å². The predicted octanol–water partition coefficient (Wildman–Crippen LogP) is 3.08. The minimum atomic E-state index is -0.366. The van der Waals surface area contributed by atoms with Crippen molar-refractivity contribution in [1.82, 2.24) is 0 Å². The lowest BCUT2D eigenvalue weighted by Crippen LogP contribution is -2.13. The fraction of sp³-hybridized carbons (Fsp3) is 0.0714. The summed E-state index contributed by atoms with van der Waals surface area (Å²) >= 11 is 0. The largest absolute Gasteiger partial charge is 0.487 e. The Morgan fingerprint density at radius 1 is 1.11 bits per heavy atom. The van der Waals surface area contributed by atoms with Crippen molar-refractivity contribution in [2.45, 2.75) is 0 Å². The Kier molecular flexibility index (Phi) is 3.91. The quantitative estimate of drug-likeness (QED) is 0.511. The molecule has 3 nitrogen and oxygen atoms in total. The average Bonchev–Trinajstić information content (AvgIpc) is 2.41. The molecule has 1 N–H and O–H groups in total. The van der Waals surface area contributed by atoms with Gasteiger partial charge in [0.25, 0.3) is 0 Å². The van der Waals surface area contributed by atoms with E-state index in [1.807, 2.05) is 30.3 Å². The van der Waals surface area contributed by atoms with Crippen LogP contribution in [0.4, 0.5) is 4.39 Å². The Labute approximate surface area is 104 Å². The molecule has 2 aromatic carbocycles. The van der Waals surface area contributed by atoms with E-state index in [0.29, 0.717) is 11.5 Å². The minimum Gasteiger partial charge on any atom is -0.487 e. The molecular formula is C14H12FNO2. The van der Waals surface area contributed by atoms with Crippen LogP contribution in [0.3, 0.4) is 0 Å². The third kappa shape index (κ3) is 3.07. The molecule has 0 bridgehead atoms. The highest BCUT2D eigenvalue weighted by atomic mass is 19.1. The van der Waals surface area contributed by atoms with Crippen LogP contribution < -0.4 is 4.74 Å².